The Morgan fingerprint density at radius 1 is 1.00 bits per heavy atom. The first-order valence-corrected chi connectivity index (χ1v) is 8.53. The molecule has 1 saturated carbocycles. The molecule has 112 valence electrons. The molecule has 1 unspecified atom stereocenters. The summed E-state index contributed by atoms with van der Waals surface area (Å²) in [5.74, 6) is 1.45. The Morgan fingerprint density at radius 3 is 2.48 bits per heavy atom. The first kappa shape index (κ1) is 14.6. The second kappa shape index (κ2) is 7.09. The number of benzene rings is 1. The monoisotopic (exact) mass is 281 g/mol. The van der Waals surface area contributed by atoms with Gasteiger partial charge in [0.15, 0.2) is 0 Å². The van der Waals surface area contributed by atoms with E-state index in [9.17, 15) is 0 Å². The molecule has 1 aromatic rings. The van der Waals surface area contributed by atoms with Crippen molar-refractivity contribution in [3.05, 3.63) is 59.2 Å². The van der Waals surface area contributed by atoms with E-state index in [0.717, 1.165) is 5.92 Å². The van der Waals surface area contributed by atoms with Gasteiger partial charge in [-0.2, -0.15) is 0 Å². The Bertz CT molecular complexity index is 503. The molecule has 0 bridgehead atoms. The highest BCUT2D eigenvalue weighted by molar-refractivity contribution is 5.40. The Balaban J connectivity index is 1.55. The highest BCUT2D eigenvalue weighted by Gasteiger charge is 2.16. The van der Waals surface area contributed by atoms with Crippen LogP contribution in [-0.2, 0) is 6.54 Å². The lowest BCUT2D eigenvalue weighted by Crippen LogP contribution is -2.05. The third-order valence-electron chi connectivity index (χ3n) is 5.08. The Morgan fingerprint density at radius 2 is 1.76 bits per heavy atom. The van der Waals surface area contributed by atoms with Crippen LogP contribution in [0.25, 0.3) is 0 Å². The molecule has 2 aliphatic rings. The third kappa shape index (κ3) is 3.85. The molecule has 1 aromatic carbocycles. The van der Waals surface area contributed by atoms with Crippen molar-refractivity contribution < 1.29 is 0 Å². The topological polar surface area (TPSA) is 26.0 Å². The van der Waals surface area contributed by atoms with E-state index in [1.54, 1.807) is 0 Å². The second-order valence-corrected chi connectivity index (χ2v) is 6.61. The molecule has 2 N–H and O–H groups in total. The molecule has 0 amide bonds. The van der Waals surface area contributed by atoms with Crippen LogP contribution in [0.3, 0.4) is 0 Å². The van der Waals surface area contributed by atoms with Gasteiger partial charge in [-0.25, -0.2) is 0 Å². The number of nitrogens with two attached hydrogens (primary N) is 1. The van der Waals surface area contributed by atoms with Gasteiger partial charge < -0.3 is 5.73 Å². The van der Waals surface area contributed by atoms with Gasteiger partial charge >= 0.3 is 0 Å². The zero-order valence-corrected chi connectivity index (χ0v) is 12.9. The number of allylic oxidation sites excluding steroid dienone is 4. The van der Waals surface area contributed by atoms with E-state index in [2.05, 4.69) is 42.5 Å². The van der Waals surface area contributed by atoms with E-state index in [0.29, 0.717) is 12.5 Å². The SMILES string of the molecule is NCc1ccc(C2C=CC(CCC3CCCCC3)=C2)cc1. The molecule has 0 heterocycles. The van der Waals surface area contributed by atoms with E-state index in [-0.39, 0.29) is 0 Å². The second-order valence-electron chi connectivity index (χ2n) is 6.61. The lowest BCUT2D eigenvalue weighted by Gasteiger charge is -2.21. The molecule has 0 saturated heterocycles. The fraction of sp³-hybridized carbons (Fsp3) is 0.500. The smallest absolute Gasteiger partial charge is 0.0207 e. The highest BCUT2D eigenvalue weighted by Crippen LogP contribution is 2.32. The van der Waals surface area contributed by atoms with Gasteiger partial charge in [0, 0.05) is 12.5 Å². The maximum absolute atomic E-state index is 5.66. The maximum Gasteiger partial charge on any atom is 0.0207 e. The zero-order chi connectivity index (χ0) is 14.5. The van der Waals surface area contributed by atoms with E-state index >= 15 is 0 Å². The van der Waals surface area contributed by atoms with Gasteiger partial charge in [0.2, 0.25) is 0 Å². The van der Waals surface area contributed by atoms with Crippen molar-refractivity contribution in [2.75, 3.05) is 0 Å². The Labute approximate surface area is 128 Å². The van der Waals surface area contributed by atoms with E-state index in [4.69, 9.17) is 5.73 Å². The van der Waals surface area contributed by atoms with E-state index in [1.165, 1.54) is 61.6 Å². The molecule has 0 spiro atoms. The molecule has 1 atom stereocenters. The summed E-state index contributed by atoms with van der Waals surface area (Å²) in [6.07, 6.45) is 17.1. The Hall–Kier alpha value is -1.34. The zero-order valence-electron chi connectivity index (χ0n) is 12.9. The minimum atomic E-state index is 0.471. The van der Waals surface area contributed by atoms with Crippen LogP contribution in [0.15, 0.2) is 48.1 Å². The first-order valence-electron chi connectivity index (χ1n) is 8.53. The van der Waals surface area contributed by atoms with Gasteiger partial charge in [-0.3, -0.25) is 0 Å². The quantitative estimate of drug-likeness (QED) is 0.799. The molecule has 1 heteroatoms. The van der Waals surface area contributed by atoms with Crippen molar-refractivity contribution in [2.24, 2.45) is 11.7 Å². The van der Waals surface area contributed by atoms with Crippen molar-refractivity contribution in [3.8, 4) is 0 Å². The van der Waals surface area contributed by atoms with Gasteiger partial charge in [0.05, 0.1) is 0 Å². The van der Waals surface area contributed by atoms with Gasteiger partial charge in [-0.1, -0.05) is 80.2 Å². The van der Waals surface area contributed by atoms with Crippen molar-refractivity contribution in [1.82, 2.24) is 0 Å². The predicted molar refractivity (Wildman–Crippen MR) is 90.1 cm³/mol. The molecule has 0 aliphatic heterocycles. The molecule has 21 heavy (non-hydrogen) atoms. The molecule has 1 fully saturated rings. The van der Waals surface area contributed by atoms with Gasteiger partial charge in [-0.05, 0) is 29.9 Å². The van der Waals surface area contributed by atoms with Crippen LogP contribution in [0.4, 0.5) is 0 Å². The van der Waals surface area contributed by atoms with Crippen LogP contribution >= 0.6 is 0 Å². The summed E-state index contributed by atoms with van der Waals surface area (Å²) >= 11 is 0. The van der Waals surface area contributed by atoms with E-state index in [1.807, 2.05) is 0 Å². The normalized spacial score (nSPS) is 22.5. The fourth-order valence-electron chi connectivity index (χ4n) is 3.67. The van der Waals surface area contributed by atoms with E-state index < -0.39 is 0 Å². The van der Waals surface area contributed by atoms with Gasteiger partial charge in [-0.15, -0.1) is 0 Å². The van der Waals surface area contributed by atoms with Gasteiger partial charge in [0.1, 0.15) is 0 Å². The highest BCUT2D eigenvalue weighted by atomic mass is 14.5. The van der Waals surface area contributed by atoms with Crippen LogP contribution in [0.2, 0.25) is 0 Å². The molecule has 0 radical (unpaired) electrons. The van der Waals surface area contributed by atoms with Crippen molar-refractivity contribution >= 4 is 0 Å². The molecule has 3 rings (SSSR count). The van der Waals surface area contributed by atoms with Crippen molar-refractivity contribution in [2.45, 2.75) is 57.4 Å². The summed E-state index contributed by atoms with van der Waals surface area (Å²) in [6, 6.07) is 8.74. The third-order valence-corrected chi connectivity index (χ3v) is 5.08. The van der Waals surface area contributed by atoms with Crippen molar-refractivity contribution in [1.29, 1.82) is 0 Å². The van der Waals surface area contributed by atoms with Crippen LogP contribution in [0.5, 0.6) is 0 Å². The first-order chi connectivity index (χ1) is 10.3. The summed E-state index contributed by atoms with van der Waals surface area (Å²) < 4.78 is 0. The molecular formula is C20H27N. The average molecular weight is 281 g/mol. The number of hydrogen-bond donors (Lipinski definition) is 1. The van der Waals surface area contributed by atoms with Crippen LogP contribution < -0.4 is 5.73 Å². The van der Waals surface area contributed by atoms with Crippen LogP contribution in [0.1, 0.15) is 62.0 Å². The van der Waals surface area contributed by atoms with Crippen molar-refractivity contribution in [3.63, 3.8) is 0 Å². The molecule has 2 aliphatic carbocycles. The molecule has 1 nitrogen and oxygen atoms in total. The number of hydrogen-bond acceptors (Lipinski definition) is 1. The van der Waals surface area contributed by atoms with Crippen LogP contribution in [-0.4, -0.2) is 0 Å². The average Bonchev–Trinajstić information content (AvgIpc) is 3.03. The largest absolute Gasteiger partial charge is 0.326 e. The summed E-state index contributed by atoms with van der Waals surface area (Å²) in [7, 11) is 0. The summed E-state index contributed by atoms with van der Waals surface area (Å²) in [5, 5.41) is 0. The van der Waals surface area contributed by atoms with Gasteiger partial charge in [0.25, 0.3) is 0 Å². The number of rotatable bonds is 5. The summed E-state index contributed by atoms with van der Waals surface area (Å²) in [4.78, 5) is 0. The molecular weight excluding hydrogens is 254 g/mol. The lowest BCUT2D eigenvalue weighted by atomic mass is 9.85. The minimum absolute atomic E-state index is 0.471. The Kier molecular flexibility index (Phi) is 4.92. The van der Waals surface area contributed by atoms with Crippen LogP contribution in [0, 0.1) is 5.92 Å². The fourth-order valence-corrected chi connectivity index (χ4v) is 3.67. The standard InChI is InChI=1S/C20H27N/c21-15-18-9-11-19(12-10-18)20-13-8-17(14-20)7-6-16-4-2-1-3-5-16/h8-14,16,20H,1-7,15,21H2. The maximum atomic E-state index is 5.66. The molecule has 0 aromatic heterocycles. The lowest BCUT2D eigenvalue weighted by molar-refractivity contribution is 0.339. The predicted octanol–water partition coefficient (Wildman–Crippen LogP) is 5.09. The summed E-state index contributed by atoms with van der Waals surface area (Å²) in [5.41, 5.74) is 9.79. The minimum Gasteiger partial charge on any atom is -0.326 e. The summed E-state index contributed by atoms with van der Waals surface area (Å²) in [6.45, 7) is 0.628.